The van der Waals surface area contributed by atoms with Crippen molar-refractivity contribution in [2.75, 3.05) is 32.1 Å². The summed E-state index contributed by atoms with van der Waals surface area (Å²) < 4.78 is 11.7. The number of benzene rings is 1. The molecule has 1 aromatic carbocycles. The predicted octanol–water partition coefficient (Wildman–Crippen LogP) is 6.46. The molecule has 4 rings (SSSR count). The largest absolute Gasteiger partial charge is 0.493 e. The number of ether oxygens (including phenoxy) is 2. The zero-order valence-electron chi connectivity index (χ0n) is 21.0. The van der Waals surface area contributed by atoms with Crippen molar-refractivity contribution in [1.82, 2.24) is 9.88 Å². The topological polar surface area (TPSA) is 85.0 Å². The van der Waals surface area contributed by atoms with E-state index >= 15 is 0 Å². The fraction of sp³-hybridized carbons (Fsp3) is 0.333. The number of nitrogens with two attached hydrogens (primary N) is 1. The van der Waals surface area contributed by atoms with Crippen molar-refractivity contribution in [3.8, 4) is 0 Å². The van der Waals surface area contributed by atoms with Gasteiger partial charge in [-0.3, -0.25) is 4.99 Å². The Labute approximate surface area is 232 Å². The number of likely N-dealkylation sites (tertiary alicyclic amines) is 1. The highest BCUT2D eigenvalue weighted by Gasteiger charge is 2.24. The van der Waals surface area contributed by atoms with Gasteiger partial charge in [0.25, 0.3) is 0 Å². The number of allylic oxidation sites excluding steroid dienone is 3. The first-order chi connectivity index (χ1) is 17.9. The summed E-state index contributed by atoms with van der Waals surface area (Å²) in [6.45, 7) is 9.65. The number of aromatic nitrogens is 1. The first kappa shape index (κ1) is 27.3. The van der Waals surface area contributed by atoms with Crippen LogP contribution in [-0.2, 0) is 16.1 Å². The van der Waals surface area contributed by atoms with Crippen molar-refractivity contribution >= 4 is 45.9 Å². The van der Waals surface area contributed by atoms with Gasteiger partial charge in [0, 0.05) is 34.8 Å². The number of halogens is 2. The molecule has 37 heavy (non-hydrogen) atoms. The number of nitrogens with one attached hydrogen (secondary N) is 1. The fourth-order valence-corrected chi connectivity index (χ4v) is 5.54. The molecule has 2 aliphatic rings. The number of anilines is 1. The van der Waals surface area contributed by atoms with Crippen LogP contribution in [0.4, 0.5) is 5.69 Å². The van der Waals surface area contributed by atoms with E-state index in [2.05, 4.69) is 34.1 Å². The number of piperidine rings is 1. The maximum atomic E-state index is 6.40. The minimum absolute atomic E-state index is 0.328. The summed E-state index contributed by atoms with van der Waals surface area (Å²) in [6.07, 6.45) is 7.33. The average Bonchev–Trinajstić information content (AvgIpc) is 3.39. The van der Waals surface area contributed by atoms with E-state index < -0.39 is 0 Å². The summed E-state index contributed by atoms with van der Waals surface area (Å²) in [6, 6.07) is 5.18. The second kappa shape index (κ2) is 12.6. The van der Waals surface area contributed by atoms with Crippen LogP contribution < -0.4 is 11.1 Å². The Bertz CT molecular complexity index is 1260. The molecule has 2 heterocycles. The summed E-state index contributed by atoms with van der Waals surface area (Å²) in [4.78, 5) is 11.7. The van der Waals surface area contributed by atoms with Gasteiger partial charge in [-0.25, -0.2) is 4.98 Å². The number of hydrogen-bond donors (Lipinski definition) is 2. The van der Waals surface area contributed by atoms with Crippen molar-refractivity contribution in [2.24, 2.45) is 10.7 Å². The van der Waals surface area contributed by atoms with Crippen LogP contribution in [0.1, 0.15) is 36.4 Å². The lowest BCUT2D eigenvalue weighted by molar-refractivity contribution is 0.163. The van der Waals surface area contributed by atoms with Gasteiger partial charge in [0.2, 0.25) is 0 Å². The summed E-state index contributed by atoms with van der Waals surface area (Å²) in [5.41, 5.74) is 9.21. The molecule has 0 bridgehead atoms. The summed E-state index contributed by atoms with van der Waals surface area (Å²) in [5, 5.41) is 7.29. The summed E-state index contributed by atoms with van der Waals surface area (Å²) in [7, 11) is 1.59. The standard InChI is InChI=1S/C27H31Cl2N5O2S/c1-4-31-23-14-25(36-15-19-16-37-27(33-19)17-8-10-34(5-2)11-9-17)24(35-3)13-20(23)26(30)32-18-6-7-21(28)22(29)12-18/h4,6-7,12-14,16-17,32H,1,5,8-11,15,30H2,2-3H3/b26-20+,31-23-. The predicted molar refractivity (Wildman–Crippen MR) is 153 cm³/mol. The van der Waals surface area contributed by atoms with E-state index in [-0.39, 0.29) is 0 Å². The SMILES string of the molecule is C=C/N=C1/C=C(OCc2csc(C3CCN(CC)CC3)n2)C(OC)=C/C1=C(/N)Nc1ccc(Cl)c(Cl)c1. The van der Waals surface area contributed by atoms with E-state index in [9.17, 15) is 0 Å². The Hall–Kier alpha value is -2.78. The smallest absolute Gasteiger partial charge is 0.163 e. The molecule has 196 valence electrons. The van der Waals surface area contributed by atoms with Crippen molar-refractivity contribution in [3.63, 3.8) is 0 Å². The molecule has 0 saturated carbocycles. The molecule has 0 atom stereocenters. The Kier molecular flexibility index (Phi) is 9.32. The molecule has 7 nitrogen and oxygen atoms in total. The molecule has 1 fully saturated rings. The van der Waals surface area contributed by atoms with Gasteiger partial charge in [-0.1, -0.05) is 36.7 Å². The van der Waals surface area contributed by atoms with Crippen LogP contribution in [0, 0.1) is 0 Å². The molecule has 0 spiro atoms. The monoisotopic (exact) mass is 559 g/mol. The lowest BCUT2D eigenvalue weighted by Crippen LogP contribution is -2.32. The third-order valence-corrected chi connectivity index (χ3v) is 8.13. The highest BCUT2D eigenvalue weighted by molar-refractivity contribution is 7.09. The lowest BCUT2D eigenvalue weighted by atomic mass is 9.98. The number of nitrogens with zero attached hydrogens (tertiary/aromatic N) is 3. The van der Waals surface area contributed by atoms with Crippen LogP contribution in [0.3, 0.4) is 0 Å². The molecule has 0 unspecified atom stereocenters. The number of aliphatic imine (C=N–C) groups is 1. The van der Waals surface area contributed by atoms with Crippen LogP contribution in [0.5, 0.6) is 0 Å². The van der Waals surface area contributed by atoms with Crippen LogP contribution in [-0.4, -0.2) is 42.3 Å². The molecule has 10 heteroatoms. The van der Waals surface area contributed by atoms with E-state index in [1.807, 2.05) is 0 Å². The van der Waals surface area contributed by atoms with E-state index in [0.29, 0.717) is 56.9 Å². The summed E-state index contributed by atoms with van der Waals surface area (Å²) >= 11 is 13.9. The zero-order chi connectivity index (χ0) is 26.4. The quantitative estimate of drug-likeness (QED) is 0.366. The highest BCUT2D eigenvalue weighted by atomic mass is 35.5. The maximum absolute atomic E-state index is 6.40. The van der Waals surface area contributed by atoms with E-state index in [0.717, 1.165) is 38.2 Å². The molecular formula is C27H31Cl2N5O2S. The van der Waals surface area contributed by atoms with E-state index in [4.69, 9.17) is 43.4 Å². The first-order valence-corrected chi connectivity index (χ1v) is 13.7. The highest BCUT2D eigenvalue weighted by Crippen LogP contribution is 2.31. The number of thiazole rings is 1. The molecule has 0 radical (unpaired) electrons. The minimum atomic E-state index is 0.328. The molecule has 1 aliphatic heterocycles. The van der Waals surface area contributed by atoms with Gasteiger partial charge >= 0.3 is 0 Å². The van der Waals surface area contributed by atoms with Crippen LogP contribution in [0.25, 0.3) is 0 Å². The second-order valence-electron chi connectivity index (χ2n) is 8.67. The third kappa shape index (κ3) is 6.76. The van der Waals surface area contributed by atoms with Crippen molar-refractivity contribution < 1.29 is 9.47 Å². The molecule has 2 aromatic rings. The maximum Gasteiger partial charge on any atom is 0.163 e. The normalized spacial score (nSPS) is 19.3. The van der Waals surface area contributed by atoms with Gasteiger partial charge in [-0.15, -0.1) is 11.3 Å². The summed E-state index contributed by atoms with van der Waals surface area (Å²) in [5.74, 6) is 1.95. The Balaban J connectivity index is 1.48. The van der Waals surface area contributed by atoms with Crippen molar-refractivity contribution in [2.45, 2.75) is 32.3 Å². The number of rotatable bonds is 9. The molecule has 1 aromatic heterocycles. The Morgan fingerprint density at radius 1 is 1.27 bits per heavy atom. The molecular weight excluding hydrogens is 529 g/mol. The van der Waals surface area contributed by atoms with Gasteiger partial charge in [0.15, 0.2) is 11.5 Å². The van der Waals surface area contributed by atoms with Gasteiger partial charge in [-0.05, 0) is 56.8 Å². The molecule has 1 aliphatic carbocycles. The minimum Gasteiger partial charge on any atom is -0.493 e. The van der Waals surface area contributed by atoms with Gasteiger partial charge in [0.05, 0.1) is 33.6 Å². The third-order valence-electron chi connectivity index (χ3n) is 6.33. The molecule has 1 saturated heterocycles. The molecule has 3 N–H and O–H groups in total. The second-order valence-corrected chi connectivity index (χ2v) is 10.4. The zero-order valence-corrected chi connectivity index (χ0v) is 23.3. The number of methoxy groups -OCH3 is 1. The van der Waals surface area contributed by atoms with Crippen LogP contribution >= 0.6 is 34.5 Å². The van der Waals surface area contributed by atoms with Crippen LogP contribution in [0.15, 0.2) is 76.4 Å². The fourth-order valence-electron chi connectivity index (χ4n) is 4.26. The van der Waals surface area contributed by atoms with E-state index in [1.165, 1.54) is 11.2 Å². The Morgan fingerprint density at radius 2 is 2.05 bits per heavy atom. The number of hydrogen-bond acceptors (Lipinski definition) is 8. The van der Waals surface area contributed by atoms with Gasteiger partial charge in [0.1, 0.15) is 12.4 Å². The molecule has 0 amide bonds. The van der Waals surface area contributed by atoms with Gasteiger partial charge in [-0.2, -0.15) is 0 Å². The first-order valence-electron chi connectivity index (χ1n) is 12.1. The van der Waals surface area contributed by atoms with E-state index in [1.54, 1.807) is 48.8 Å². The average molecular weight is 561 g/mol. The lowest BCUT2D eigenvalue weighted by Gasteiger charge is -2.29. The van der Waals surface area contributed by atoms with Crippen molar-refractivity contribution in [3.05, 3.63) is 92.2 Å². The Morgan fingerprint density at radius 3 is 2.73 bits per heavy atom. The van der Waals surface area contributed by atoms with Crippen LogP contribution in [0.2, 0.25) is 10.0 Å². The van der Waals surface area contributed by atoms with Crippen molar-refractivity contribution in [1.29, 1.82) is 0 Å². The van der Waals surface area contributed by atoms with Gasteiger partial charge < -0.3 is 25.4 Å².